The Hall–Kier alpha value is -13.0. The number of para-hydroxylation sites is 6. The fourth-order valence-corrected chi connectivity index (χ4v) is 25.0. The second-order valence-electron chi connectivity index (χ2n) is 37.8. The minimum absolute atomic E-state index is 0.0138. The monoisotopic (exact) mass is 1530 g/mol. The van der Waals surface area contributed by atoms with Crippen molar-refractivity contribution < 1.29 is 0 Å². The largest absolute Gasteiger partial charge is 0.310 e. The van der Waals surface area contributed by atoms with Crippen molar-refractivity contribution in [2.24, 2.45) is 0 Å². The summed E-state index contributed by atoms with van der Waals surface area (Å²) in [6.45, 7) is 29.2. The lowest BCUT2D eigenvalue weighted by Crippen LogP contribution is -2.63. The third-order valence-electron chi connectivity index (χ3n) is 30.2. The minimum Gasteiger partial charge on any atom is -0.310 e. The van der Waals surface area contributed by atoms with Gasteiger partial charge in [0.25, 0.3) is 0 Å². The normalized spacial score (nSPS) is 15.4. The van der Waals surface area contributed by atoms with E-state index in [1.54, 1.807) is 0 Å². The van der Waals surface area contributed by atoms with E-state index in [-0.39, 0.29) is 21.7 Å². The molecule has 0 radical (unpaired) electrons. The molecule has 0 unspecified atom stereocenters. The molecule has 8 aliphatic rings. The van der Waals surface area contributed by atoms with E-state index < -0.39 is 0 Å². The van der Waals surface area contributed by atoms with E-state index in [0.717, 1.165) is 0 Å². The Morgan fingerprint density at radius 2 is 0.517 bits per heavy atom. The SMILES string of the molecule is Cc1ccc2c(c1)-n1c3ccccc3c3ccc4c(c31)B2c1ccccc1C4(C)C.Cc1ccc2c(c1)B1c3ccccc3C(C)(C)c3ccc4c5ccccc5n-2c4c31.Cc1cccc2c1-n1c3ccccc3c3ccc4c(c31)B2c1ccccc1C4(C)C.Cc1cccc2c3ccc4c5c3n(c12)-c1ccccc1B5c1ccccc1C4(C)C. The Labute approximate surface area is 702 Å². The summed E-state index contributed by atoms with van der Waals surface area (Å²) in [6.07, 6.45) is 0. The Kier molecular flexibility index (Phi) is 14.2. The minimum atomic E-state index is -0.0147. The van der Waals surface area contributed by atoms with Crippen molar-refractivity contribution in [2.75, 3.05) is 0 Å². The summed E-state index contributed by atoms with van der Waals surface area (Å²) in [5, 5.41) is 10.9. The van der Waals surface area contributed by atoms with Crippen LogP contribution in [0.1, 0.15) is 122 Å². The molecule has 0 aliphatic carbocycles. The zero-order chi connectivity index (χ0) is 80.8. The molecular formula is C112H88B4N4. The van der Waals surface area contributed by atoms with Gasteiger partial charge in [-0.15, -0.1) is 0 Å². The van der Waals surface area contributed by atoms with E-state index in [1.807, 2.05) is 0 Å². The van der Waals surface area contributed by atoms with Crippen LogP contribution in [0.15, 0.2) is 315 Å². The summed E-state index contributed by atoms with van der Waals surface area (Å²) < 4.78 is 10.2. The van der Waals surface area contributed by atoms with Crippen LogP contribution in [0.25, 0.3) is 110 Å². The van der Waals surface area contributed by atoms with Crippen molar-refractivity contribution >= 4 is 180 Å². The van der Waals surface area contributed by atoms with Gasteiger partial charge in [0.05, 0.1) is 22.1 Å². The second kappa shape index (κ2) is 24.4. The number of rotatable bonds is 0. The quantitative estimate of drug-likeness (QED) is 0.135. The summed E-state index contributed by atoms with van der Waals surface area (Å²) in [7, 11) is 0. The van der Waals surface area contributed by atoms with E-state index in [0.29, 0.717) is 26.9 Å². The number of nitrogens with zero attached hydrogens (tertiary/aromatic N) is 4. The molecule has 4 aromatic heterocycles. The van der Waals surface area contributed by atoms with Crippen LogP contribution in [0.2, 0.25) is 0 Å². The fourth-order valence-electron chi connectivity index (χ4n) is 25.0. The molecule has 0 saturated carbocycles. The lowest BCUT2D eigenvalue weighted by molar-refractivity contribution is 0.646. The van der Waals surface area contributed by atoms with E-state index in [2.05, 4.69) is 417 Å². The van der Waals surface area contributed by atoms with Crippen LogP contribution in [0.3, 0.4) is 0 Å². The molecular weight excluding hydrogens is 1440 g/mol. The average Bonchev–Trinajstić information content (AvgIpc) is 1.23. The third kappa shape index (κ3) is 8.91. The van der Waals surface area contributed by atoms with Crippen molar-refractivity contribution in [2.45, 2.75) is 105 Å². The highest BCUT2D eigenvalue weighted by molar-refractivity contribution is 7.01. The van der Waals surface area contributed by atoms with Gasteiger partial charge in [-0.3, -0.25) is 0 Å². The molecule has 0 fully saturated rings. The van der Waals surface area contributed by atoms with Gasteiger partial charge in [0.2, 0.25) is 26.9 Å². The predicted molar refractivity (Wildman–Crippen MR) is 515 cm³/mol. The van der Waals surface area contributed by atoms with Gasteiger partial charge < -0.3 is 18.3 Å². The summed E-state index contributed by atoms with van der Waals surface area (Å²) in [6, 6.07) is 119. The summed E-state index contributed by atoms with van der Waals surface area (Å²) in [5.74, 6) is 0. The van der Waals surface area contributed by atoms with Gasteiger partial charge in [-0.2, -0.15) is 0 Å². The first-order chi connectivity index (χ1) is 58.3. The Morgan fingerprint density at radius 3 is 1.01 bits per heavy atom. The standard InChI is InChI=1S/4C28H22BN/c1-17-9-8-13-23-26(17)30-24-14-7-4-10-18(24)19-15-16-21-25(27(19)30)29(23)22-12-6-5-11-20(22)28(21,2)3;1-17-12-15-25-23(16-17)29-22-10-6-5-9-20(22)28(2,3)21-14-13-19-18-8-4-7-11-24(18)30(25)27(19)26(21)29;1-17-12-15-23-25(16-17)30-24-11-7-4-8-18(24)19-13-14-21-26(27(19)30)29(23)22-10-6-5-9-20(22)28(21,2)3;1-17-9-8-10-18-19-15-16-21-25-27(19)30(26(17)18)24-14-7-6-13-23(24)29(25)22-12-5-4-11-20(22)28(21,2)3/h4*4-16H,1-3H3. The van der Waals surface area contributed by atoms with Crippen molar-refractivity contribution in [3.8, 4) is 22.7 Å². The average molecular weight is 1530 g/mol. The molecule has 0 bridgehead atoms. The molecule has 0 atom stereocenters. The Balaban J connectivity index is 0.0000000886. The number of hydrogen-bond donors (Lipinski definition) is 0. The lowest BCUT2D eigenvalue weighted by atomic mass is 9.30. The van der Waals surface area contributed by atoms with Crippen molar-refractivity contribution in [1.29, 1.82) is 0 Å². The van der Waals surface area contributed by atoms with Crippen LogP contribution < -0.4 is 65.6 Å². The Bertz CT molecular complexity index is 7980. The highest BCUT2D eigenvalue weighted by atomic mass is 15.0. The zero-order valence-corrected chi connectivity index (χ0v) is 70.1. The molecule has 12 heterocycles. The first-order valence-electron chi connectivity index (χ1n) is 43.4. The molecule has 16 aromatic carbocycles. The number of aryl methyl sites for hydroxylation is 4. The molecule has 0 spiro atoms. The van der Waals surface area contributed by atoms with Gasteiger partial charge in [0, 0.05) is 110 Å². The summed E-state index contributed by atoms with van der Waals surface area (Å²) >= 11 is 0. The molecule has 8 heteroatoms. The number of benzene rings is 16. The Morgan fingerprint density at radius 1 is 0.200 bits per heavy atom. The maximum absolute atomic E-state index is 2.55. The smallest absolute Gasteiger partial charge is 0.247 e. The van der Waals surface area contributed by atoms with Crippen LogP contribution >= 0.6 is 0 Å². The molecule has 0 saturated heterocycles. The van der Waals surface area contributed by atoms with Crippen molar-refractivity contribution in [3.63, 3.8) is 0 Å². The van der Waals surface area contributed by atoms with Crippen molar-refractivity contribution in [1.82, 2.24) is 18.3 Å². The highest BCUT2D eigenvalue weighted by Crippen LogP contribution is 2.47. The van der Waals surface area contributed by atoms with Crippen LogP contribution in [0, 0.1) is 27.7 Å². The fraction of sp³-hybridized carbons (Fsp3) is 0.143. The van der Waals surface area contributed by atoms with Gasteiger partial charge in [-0.05, 0) is 169 Å². The number of hydrogen-bond acceptors (Lipinski definition) is 0. The number of fused-ring (bicyclic) bond motifs is 32. The lowest BCUT2D eigenvalue weighted by Gasteiger charge is -2.41. The highest BCUT2D eigenvalue weighted by Gasteiger charge is 2.50. The first-order valence-corrected chi connectivity index (χ1v) is 43.4. The van der Waals surface area contributed by atoms with Gasteiger partial charge in [-0.25, -0.2) is 0 Å². The van der Waals surface area contributed by atoms with E-state index in [9.17, 15) is 0 Å². The van der Waals surface area contributed by atoms with Crippen LogP contribution in [-0.4, -0.2) is 45.1 Å². The molecule has 568 valence electrons. The van der Waals surface area contributed by atoms with Crippen LogP contribution in [0.5, 0.6) is 0 Å². The van der Waals surface area contributed by atoms with E-state index >= 15 is 0 Å². The molecule has 20 aromatic rings. The van der Waals surface area contributed by atoms with Gasteiger partial charge >= 0.3 is 0 Å². The summed E-state index contributed by atoms with van der Waals surface area (Å²) in [4.78, 5) is 0. The van der Waals surface area contributed by atoms with E-state index in [4.69, 9.17) is 0 Å². The topological polar surface area (TPSA) is 19.7 Å². The van der Waals surface area contributed by atoms with Gasteiger partial charge in [0.15, 0.2) is 0 Å². The molecule has 4 nitrogen and oxygen atoms in total. The van der Waals surface area contributed by atoms with Gasteiger partial charge in [0.1, 0.15) is 0 Å². The molecule has 28 rings (SSSR count). The van der Waals surface area contributed by atoms with Crippen molar-refractivity contribution in [3.05, 3.63) is 382 Å². The summed E-state index contributed by atoms with van der Waals surface area (Å²) in [5.41, 5.74) is 50.8. The zero-order valence-electron chi connectivity index (χ0n) is 70.1. The van der Waals surface area contributed by atoms with E-state index in [1.165, 1.54) is 242 Å². The second-order valence-corrected chi connectivity index (χ2v) is 37.8. The van der Waals surface area contributed by atoms with Crippen LogP contribution in [-0.2, 0) is 21.7 Å². The maximum atomic E-state index is 2.55. The molecule has 120 heavy (non-hydrogen) atoms. The molecule has 0 N–H and O–H groups in total. The van der Waals surface area contributed by atoms with Crippen LogP contribution in [0.4, 0.5) is 0 Å². The van der Waals surface area contributed by atoms with Gasteiger partial charge in [-0.1, -0.05) is 362 Å². The first kappa shape index (κ1) is 70.0. The maximum Gasteiger partial charge on any atom is 0.247 e. The number of aromatic nitrogens is 4. The molecule has 8 aliphatic heterocycles. The third-order valence-corrected chi connectivity index (χ3v) is 30.2. The molecule has 0 amide bonds. The predicted octanol–water partition coefficient (Wildman–Crippen LogP) is 18.2.